The first-order chi connectivity index (χ1) is 14.0. The molecule has 6 heteroatoms. The number of likely N-dealkylation sites (N-methyl/N-ethyl adjacent to an activating group) is 1. The van der Waals surface area contributed by atoms with Gasteiger partial charge in [0.15, 0.2) is 12.2 Å². The minimum absolute atomic E-state index is 0.289. The van der Waals surface area contributed by atoms with E-state index in [-0.39, 0.29) is 12.5 Å². The van der Waals surface area contributed by atoms with Gasteiger partial charge in [-0.3, -0.25) is 9.59 Å². The fourth-order valence-electron chi connectivity index (χ4n) is 3.49. The zero-order valence-electron chi connectivity index (χ0n) is 17.0. The molecule has 0 bridgehead atoms. The fraction of sp³-hybridized carbons (Fsp3) is 0.391. The molecule has 0 unspecified atom stereocenters. The van der Waals surface area contributed by atoms with E-state index in [0.717, 1.165) is 16.7 Å². The third kappa shape index (κ3) is 5.02. The van der Waals surface area contributed by atoms with Crippen molar-refractivity contribution in [3.63, 3.8) is 0 Å². The molecule has 2 aromatic rings. The van der Waals surface area contributed by atoms with Gasteiger partial charge in [-0.25, -0.2) is 0 Å². The molecule has 1 aliphatic rings. The van der Waals surface area contributed by atoms with Crippen molar-refractivity contribution in [2.75, 3.05) is 19.7 Å². The molecule has 6 nitrogen and oxygen atoms in total. The number of rotatable bonds is 7. The molecule has 0 spiro atoms. The summed E-state index contributed by atoms with van der Waals surface area (Å²) in [7, 11) is 0. The molecule has 1 heterocycles. The van der Waals surface area contributed by atoms with Crippen LogP contribution in [0.3, 0.4) is 0 Å². The van der Waals surface area contributed by atoms with Gasteiger partial charge in [-0.2, -0.15) is 0 Å². The lowest BCUT2D eigenvalue weighted by Crippen LogP contribution is -2.56. The number of carbonyl (C=O) groups is 2. The van der Waals surface area contributed by atoms with Gasteiger partial charge in [0.1, 0.15) is 0 Å². The molecule has 0 saturated carbocycles. The van der Waals surface area contributed by atoms with Gasteiger partial charge < -0.3 is 19.6 Å². The Kier molecular flexibility index (Phi) is 7.01. The Hall–Kier alpha value is -2.70. The van der Waals surface area contributed by atoms with E-state index in [9.17, 15) is 14.7 Å². The van der Waals surface area contributed by atoms with Crippen LogP contribution in [-0.2, 0) is 27.4 Å². The molecular weight excluding hydrogens is 368 g/mol. The summed E-state index contributed by atoms with van der Waals surface area (Å²) in [5, 5.41) is 10.7. The lowest BCUT2D eigenvalue weighted by molar-refractivity contribution is -0.172. The van der Waals surface area contributed by atoms with Crippen molar-refractivity contribution in [2.45, 2.75) is 39.1 Å². The molecule has 0 aliphatic carbocycles. The SMILES string of the molecule is CCN(Cc1ccccc1C)C(=O)[C@H](O)[C@H]1OCCN(Cc2ccccc2)C1=O. The zero-order valence-corrected chi connectivity index (χ0v) is 17.0. The van der Waals surface area contributed by atoms with E-state index in [0.29, 0.717) is 26.2 Å². The highest BCUT2D eigenvalue weighted by Crippen LogP contribution is 2.18. The first kappa shape index (κ1) is 21.0. The summed E-state index contributed by atoms with van der Waals surface area (Å²) in [6.07, 6.45) is -2.70. The molecule has 1 saturated heterocycles. The summed E-state index contributed by atoms with van der Waals surface area (Å²) in [6, 6.07) is 17.5. The molecule has 2 amide bonds. The number of amides is 2. The number of hydrogen-bond acceptors (Lipinski definition) is 4. The van der Waals surface area contributed by atoms with E-state index >= 15 is 0 Å². The predicted molar refractivity (Wildman–Crippen MR) is 110 cm³/mol. The van der Waals surface area contributed by atoms with Crippen LogP contribution in [0.15, 0.2) is 54.6 Å². The number of morpholine rings is 1. The van der Waals surface area contributed by atoms with Gasteiger partial charge in [-0.05, 0) is 30.5 Å². The summed E-state index contributed by atoms with van der Waals surface area (Å²) < 4.78 is 5.52. The molecular formula is C23H28N2O4. The molecule has 1 fully saturated rings. The Balaban J connectivity index is 1.68. The smallest absolute Gasteiger partial charge is 0.255 e. The Morgan fingerprint density at radius 1 is 1.21 bits per heavy atom. The van der Waals surface area contributed by atoms with Crippen LogP contribution in [0.5, 0.6) is 0 Å². The lowest BCUT2D eigenvalue weighted by Gasteiger charge is -2.35. The number of hydrogen-bond donors (Lipinski definition) is 1. The van der Waals surface area contributed by atoms with Crippen molar-refractivity contribution in [1.29, 1.82) is 0 Å². The molecule has 29 heavy (non-hydrogen) atoms. The normalized spacial score (nSPS) is 17.8. The van der Waals surface area contributed by atoms with E-state index in [2.05, 4.69) is 0 Å². The van der Waals surface area contributed by atoms with Gasteiger partial charge >= 0.3 is 0 Å². The van der Waals surface area contributed by atoms with Crippen LogP contribution in [-0.4, -0.2) is 58.6 Å². The molecule has 2 aromatic carbocycles. The van der Waals surface area contributed by atoms with Crippen LogP contribution in [0.1, 0.15) is 23.6 Å². The predicted octanol–water partition coefficient (Wildman–Crippen LogP) is 2.13. The van der Waals surface area contributed by atoms with Gasteiger partial charge in [-0.15, -0.1) is 0 Å². The van der Waals surface area contributed by atoms with Gasteiger partial charge in [0, 0.05) is 26.2 Å². The maximum Gasteiger partial charge on any atom is 0.255 e. The molecule has 1 N–H and O–H groups in total. The topological polar surface area (TPSA) is 70.1 Å². The minimum atomic E-state index is -1.52. The molecule has 2 atom stereocenters. The highest BCUT2D eigenvalue weighted by Gasteiger charge is 2.40. The maximum atomic E-state index is 12.9. The van der Waals surface area contributed by atoms with Crippen LogP contribution >= 0.6 is 0 Å². The highest BCUT2D eigenvalue weighted by atomic mass is 16.5. The summed E-state index contributed by atoms with van der Waals surface area (Å²) in [6.45, 7) is 5.81. The number of ether oxygens (including phenoxy) is 1. The van der Waals surface area contributed by atoms with E-state index in [1.807, 2.05) is 68.4 Å². The van der Waals surface area contributed by atoms with E-state index in [4.69, 9.17) is 4.74 Å². The number of benzene rings is 2. The first-order valence-corrected chi connectivity index (χ1v) is 9.97. The molecule has 0 aromatic heterocycles. The van der Waals surface area contributed by atoms with E-state index < -0.39 is 18.1 Å². The number of aliphatic hydroxyl groups is 1. The zero-order chi connectivity index (χ0) is 20.8. The Morgan fingerprint density at radius 2 is 1.90 bits per heavy atom. The van der Waals surface area contributed by atoms with Crippen LogP contribution in [0, 0.1) is 6.92 Å². The van der Waals surface area contributed by atoms with Crippen molar-refractivity contribution in [3.8, 4) is 0 Å². The number of nitrogens with zero attached hydrogens (tertiary/aromatic N) is 2. The second-order valence-corrected chi connectivity index (χ2v) is 7.26. The molecule has 0 radical (unpaired) electrons. The minimum Gasteiger partial charge on any atom is -0.380 e. The maximum absolute atomic E-state index is 12.9. The third-order valence-electron chi connectivity index (χ3n) is 5.29. The lowest BCUT2D eigenvalue weighted by atomic mass is 10.1. The third-order valence-corrected chi connectivity index (χ3v) is 5.29. The van der Waals surface area contributed by atoms with Gasteiger partial charge in [0.25, 0.3) is 11.8 Å². The van der Waals surface area contributed by atoms with Crippen molar-refractivity contribution in [1.82, 2.24) is 9.80 Å². The van der Waals surface area contributed by atoms with Crippen molar-refractivity contribution < 1.29 is 19.4 Å². The van der Waals surface area contributed by atoms with Gasteiger partial charge in [0.05, 0.1) is 6.61 Å². The van der Waals surface area contributed by atoms with Gasteiger partial charge in [-0.1, -0.05) is 54.6 Å². The van der Waals surface area contributed by atoms with Crippen molar-refractivity contribution >= 4 is 11.8 Å². The Morgan fingerprint density at radius 3 is 2.59 bits per heavy atom. The number of aryl methyl sites for hydroxylation is 1. The Labute approximate surface area is 171 Å². The average molecular weight is 396 g/mol. The van der Waals surface area contributed by atoms with Crippen LogP contribution in [0.25, 0.3) is 0 Å². The molecule has 154 valence electrons. The number of aliphatic hydroxyl groups excluding tert-OH is 1. The summed E-state index contributed by atoms with van der Waals surface area (Å²) in [5.41, 5.74) is 3.08. The van der Waals surface area contributed by atoms with Gasteiger partial charge in [0.2, 0.25) is 0 Å². The highest BCUT2D eigenvalue weighted by molar-refractivity contribution is 5.91. The van der Waals surface area contributed by atoms with E-state index in [1.165, 1.54) is 0 Å². The van der Waals surface area contributed by atoms with Crippen molar-refractivity contribution in [2.24, 2.45) is 0 Å². The molecule has 3 rings (SSSR count). The van der Waals surface area contributed by atoms with Crippen LogP contribution in [0.4, 0.5) is 0 Å². The van der Waals surface area contributed by atoms with Crippen LogP contribution < -0.4 is 0 Å². The largest absolute Gasteiger partial charge is 0.380 e. The monoisotopic (exact) mass is 396 g/mol. The number of carbonyl (C=O) groups excluding carboxylic acids is 2. The standard InChI is InChI=1S/C23H28N2O4/c1-3-24(16-19-12-8-7-9-17(19)2)22(27)20(26)21-23(28)25(13-14-29-21)15-18-10-5-4-6-11-18/h4-12,20-21,26H,3,13-16H2,1-2H3/t20-,21-/m1/s1. The van der Waals surface area contributed by atoms with Crippen LogP contribution in [0.2, 0.25) is 0 Å². The first-order valence-electron chi connectivity index (χ1n) is 9.97. The summed E-state index contributed by atoms with van der Waals surface area (Å²) in [4.78, 5) is 29.0. The second kappa shape index (κ2) is 9.67. The summed E-state index contributed by atoms with van der Waals surface area (Å²) >= 11 is 0. The quantitative estimate of drug-likeness (QED) is 0.778. The molecule has 1 aliphatic heterocycles. The van der Waals surface area contributed by atoms with Crippen molar-refractivity contribution in [3.05, 3.63) is 71.3 Å². The second-order valence-electron chi connectivity index (χ2n) is 7.26. The summed E-state index contributed by atoms with van der Waals surface area (Å²) in [5.74, 6) is -0.844. The fourth-order valence-corrected chi connectivity index (χ4v) is 3.49. The average Bonchev–Trinajstić information content (AvgIpc) is 2.74. The Bertz CT molecular complexity index is 840. The van der Waals surface area contributed by atoms with E-state index in [1.54, 1.807) is 9.80 Å².